The van der Waals surface area contributed by atoms with E-state index in [1.165, 1.54) is 12.1 Å². The minimum Gasteiger partial charge on any atom is -0.348 e. The molecule has 0 aromatic heterocycles. The van der Waals surface area contributed by atoms with E-state index in [2.05, 4.69) is 17.0 Å². The number of nitrogens with zero attached hydrogens (tertiary/aromatic N) is 3. The number of likely N-dealkylation sites (tertiary alicyclic amines) is 2. The lowest BCUT2D eigenvalue weighted by molar-refractivity contribution is -0.137. The fraction of sp³-hybridized carbons (Fsp3) is 0.412. The van der Waals surface area contributed by atoms with Crippen LogP contribution < -0.4 is 0 Å². The summed E-state index contributed by atoms with van der Waals surface area (Å²) in [6.07, 6.45) is 3.08. The Bertz CT molecular complexity index is 1360. The molecule has 0 saturated carbocycles. The van der Waals surface area contributed by atoms with Gasteiger partial charge in [0.25, 0.3) is 0 Å². The second-order valence-corrected chi connectivity index (χ2v) is 11.9. The fourth-order valence-electron chi connectivity index (χ4n) is 6.74. The van der Waals surface area contributed by atoms with Crippen LogP contribution in [0.5, 0.6) is 0 Å². The van der Waals surface area contributed by atoms with Gasteiger partial charge in [-0.25, -0.2) is 8.78 Å². The highest BCUT2D eigenvalue weighted by molar-refractivity contribution is 5.88. The summed E-state index contributed by atoms with van der Waals surface area (Å²) in [4.78, 5) is 32.4. The molecule has 0 spiro atoms. The van der Waals surface area contributed by atoms with Gasteiger partial charge in [-0.2, -0.15) is 0 Å². The van der Waals surface area contributed by atoms with Crippen LogP contribution >= 0.6 is 12.4 Å². The van der Waals surface area contributed by atoms with Gasteiger partial charge in [-0.3, -0.25) is 9.59 Å². The molecule has 2 heterocycles. The summed E-state index contributed by atoms with van der Waals surface area (Å²) < 4.78 is 28.5. The van der Waals surface area contributed by atoms with E-state index in [0.717, 1.165) is 36.3 Å². The molecule has 2 saturated heterocycles. The minimum atomic E-state index is -0.865. The van der Waals surface area contributed by atoms with Gasteiger partial charge in [-0.05, 0) is 74.1 Å². The van der Waals surface area contributed by atoms with Crippen LogP contribution in [0.15, 0.2) is 78.9 Å². The highest BCUT2D eigenvalue weighted by Crippen LogP contribution is 2.41. The molecule has 1 unspecified atom stereocenters. The molecule has 5 nitrogen and oxygen atoms in total. The van der Waals surface area contributed by atoms with Crippen LogP contribution in [0.4, 0.5) is 8.78 Å². The van der Waals surface area contributed by atoms with Crippen LogP contribution in [0, 0.1) is 11.6 Å². The van der Waals surface area contributed by atoms with E-state index in [-0.39, 0.29) is 24.2 Å². The van der Waals surface area contributed by atoms with E-state index in [4.69, 9.17) is 0 Å². The Morgan fingerprint density at radius 3 is 2.12 bits per heavy atom. The third kappa shape index (κ3) is 6.52. The number of hydrogen-bond donors (Lipinski definition) is 0. The molecule has 3 aromatic rings. The predicted molar refractivity (Wildman–Crippen MR) is 163 cm³/mol. The highest BCUT2D eigenvalue weighted by Gasteiger charge is 2.45. The van der Waals surface area contributed by atoms with Crippen LogP contribution in [-0.4, -0.2) is 66.8 Å². The normalized spacial score (nSPS) is 20.6. The van der Waals surface area contributed by atoms with Crippen molar-refractivity contribution in [1.29, 1.82) is 0 Å². The van der Waals surface area contributed by atoms with Crippen molar-refractivity contribution in [3.05, 3.63) is 107 Å². The predicted octanol–water partition coefficient (Wildman–Crippen LogP) is 5.96. The van der Waals surface area contributed by atoms with E-state index in [1.54, 1.807) is 11.0 Å². The Kier molecular flexibility index (Phi) is 10.1. The Morgan fingerprint density at radius 2 is 1.50 bits per heavy atom. The van der Waals surface area contributed by atoms with Crippen molar-refractivity contribution >= 4 is 24.2 Å². The summed E-state index contributed by atoms with van der Waals surface area (Å²) in [5.41, 5.74) is 1.79. The molecule has 0 radical (unpaired) electrons. The second-order valence-electron chi connectivity index (χ2n) is 11.9. The van der Waals surface area contributed by atoms with Gasteiger partial charge in [0.05, 0.1) is 5.41 Å². The van der Waals surface area contributed by atoms with Crippen molar-refractivity contribution in [3.8, 4) is 0 Å². The van der Waals surface area contributed by atoms with Gasteiger partial charge in [0.2, 0.25) is 11.8 Å². The fourth-order valence-corrected chi connectivity index (χ4v) is 6.74. The lowest BCUT2D eigenvalue weighted by Gasteiger charge is -2.46. The van der Waals surface area contributed by atoms with Crippen molar-refractivity contribution in [1.82, 2.24) is 14.7 Å². The molecule has 0 bridgehead atoms. The van der Waals surface area contributed by atoms with Crippen molar-refractivity contribution in [2.45, 2.75) is 49.5 Å². The van der Waals surface area contributed by atoms with Gasteiger partial charge in [0, 0.05) is 39.0 Å². The molecule has 5 rings (SSSR count). The van der Waals surface area contributed by atoms with E-state index in [0.29, 0.717) is 45.2 Å². The molecule has 1 atom stereocenters. The zero-order valence-electron chi connectivity index (χ0n) is 24.4. The van der Waals surface area contributed by atoms with Gasteiger partial charge >= 0.3 is 0 Å². The molecule has 224 valence electrons. The number of benzene rings is 3. The molecule has 8 heteroatoms. The van der Waals surface area contributed by atoms with E-state index in [1.807, 2.05) is 67.5 Å². The summed E-state index contributed by atoms with van der Waals surface area (Å²) in [6.45, 7) is 3.20. The number of carbonyl (C=O) groups excluding carboxylic acids is 2. The quantitative estimate of drug-likeness (QED) is 0.323. The Hall–Kier alpha value is -3.29. The van der Waals surface area contributed by atoms with Crippen molar-refractivity contribution in [2.24, 2.45) is 0 Å². The molecule has 42 heavy (non-hydrogen) atoms. The number of piperidine rings is 2. The minimum absolute atomic E-state index is 0. The highest BCUT2D eigenvalue weighted by atomic mass is 35.5. The first-order valence-corrected chi connectivity index (χ1v) is 14.5. The van der Waals surface area contributed by atoms with Gasteiger partial charge in [0.15, 0.2) is 11.6 Å². The van der Waals surface area contributed by atoms with Gasteiger partial charge in [0.1, 0.15) is 0 Å². The van der Waals surface area contributed by atoms with E-state index in [9.17, 15) is 18.4 Å². The lowest BCUT2D eigenvalue weighted by atomic mass is 9.70. The average Bonchev–Trinajstić information content (AvgIpc) is 3.00. The van der Waals surface area contributed by atoms with Crippen LogP contribution in [0.2, 0.25) is 0 Å². The van der Waals surface area contributed by atoms with Gasteiger partial charge < -0.3 is 14.7 Å². The lowest BCUT2D eigenvalue weighted by Crippen LogP contribution is -2.53. The third-order valence-electron chi connectivity index (χ3n) is 9.17. The topological polar surface area (TPSA) is 43.9 Å². The molecular formula is C34H40ClF2N3O2. The number of rotatable bonds is 8. The summed E-state index contributed by atoms with van der Waals surface area (Å²) in [5.74, 6) is -1.51. The number of halogens is 3. The largest absolute Gasteiger partial charge is 0.348 e. The van der Waals surface area contributed by atoms with Gasteiger partial charge in [-0.15, -0.1) is 12.4 Å². The number of likely N-dealkylation sites (N-methyl/N-ethyl adjacent to an activating group) is 1. The van der Waals surface area contributed by atoms with E-state index < -0.39 is 22.5 Å². The summed E-state index contributed by atoms with van der Waals surface area (Å²) in [6, 6.07) is 24.1. The zero-order valence-corrected chi connectivity index (χ0v) is 25.2. The second kappa shape index (κ2) is 13.3. The number of carbonyl (C=O) groups is 2. The SMILES string of the molecule is CN(C)C(=O)C1(c2ccccc2)CCN(CCC2(c3ccc(F)c(F)c3)CCC(=O)N(Cc3ccccc3)C2)CC1.Cl. The maximum absolute atomic E-state index is 14.5. The molecule has 3 aromatic carbocycles. The maximum Gasteiger partial charge on any atom is 0.232 e. The third-order valence-corrected chi connectivity index (χ3v) is 9.17. The summed E-state index contributed by atoms with van der Waals surface area (Å²) in [7, 11) is 3.63. The molecule has 2 aliphatic rings. The maximum atomic E-state index is 14.5. The van der Waals surface area contributed by atoms with Gasteiger partial charge in [-0.1, -0.05) is 66.7 Å². The summed E-state index contributed by atoms with van der Waals surface area (Å²) in [5, 5.41) is 0. The van der Waals surface area contributed by atoms with Crippen molar-refractivity contribution in [3.63, 3.8) is 0 Å². The van der Waals surface area contributed by atoms with Crippen LogP contribution in [-0.2, 0) is 27.0 Å². The van der Waals surface area contributed by atoms with Crippen molar-refractivity contribution < 1.29 is 18.4 Å². The van der Waals surface area contributed by atoms with Crippen LogP contribution in [0.1, 0.15) is 48.8 Å². The monoisotopic (exact) mass is 595 g/mol. The first-order valence-electron chi connectivity index (χ1n) is 14.5. The van der Waals surface area contributed by atoms with Crippen LogP contribution in [0.3, 0.4) is 0 Å². The molecule has 0 N–H and O–H groups in total. The standard InChI is InChI=1S/C34H39F2N3O2.ClH/c1-37(2)32(41)34(27-11-7-4-8-12-27)18-21-38(22-19-34)20-17-33(28-13-14-29(35)30(36)23-28)16-15-31(40)39(25-33)24-26-9-5-3-6-10-26;/h3-14,23H,15-22,24-25H2,1-2H3;1H. The number of amides is 2. The van der Waals surface area contributed by atoms with Crippen LogP contribution in [0.25, 0.3) is 0 Å². The Morgan fingerprint density at radius 1 is 0.857 bits per heavy atom. The Balaban J connectivity index is 0.00000405. The van der Waals surface area contributed by atoms with E-state index >= 15 is 0 Å². The number of hydrogen-bond acceptors (Lipinski definition) is 3. The smallest absolute Gasteiger partial charge is 0.232 e. The molecular weight excluding hydrogens is 556 g/mol. The molecule has 2 aliphatic heterocycles. The molecule has 2 fully saturated rings. The zero-order chi connectivity index (χ0) is 29.0. The molecule has 2 amide bonds. The average molecular weight is 596 g/mol. The first-order chi connectivity index (χ1) is 19.7. The van der Waals surface area contributed by atoms with Crippen molar-refractivity contribution in [2.75, 3.05) is 40.3 Å². The first kappa shape index (κ1) is 31.6. The molecule has 0 aliphatic carbocycles. The summed E-state index contributed by atoms with van der Waals surface area (Å²) >= 11 is 0. The Labute approximate surface area is 253 Å².